The van der Waals surface area contributed by atoms with Gasteiger partial charge in [0, 0.05) is 24.4 Å². The van der Waals surface area contributed by atoms with Gasteiger partial charge >= 0.3 is 0 Å². The lowest BCUT2D eigenvalue weighted by molar-refractivity contribution is 0.595. The molecule has 3 heterocycles. The number of nitrogens with zero attached hydrogens (tertiary/aromatic N) is 2. The van der Waals surface area contributed by atoms with Gasteiger partial charge in [-0.05, 0) is 50.9 Å². The van der Waals surface area contributed by atoms with E-state index < -0.39 is 0 Å². The Labute approximate surface area is 102 Å². The van der Waals surface area contributed by atoms with Crippen molar-refractivity contribution in [3.63, 3.8) is 0 Å². The van der Waals surface area contributed by atoms with Gasteiger partial charge < -0.3 is 9.72 Å². The number of aromatic nitrogens is 2. The molecule has 2 aromatic rings. The van der Waals surface area contributed by atoms with Crippen LogP contribution in [0.5, 0.6) is 0 Å². The third kappa shape index (κ3) is 1.95. The van der Waals surface area contributed by atoms with Crippen LogP contribution >= 0.6 is 0 Å². The predicted octanol–water partition coefficient (Wildman–Crippen LogP) is 2.25. The van der Waals surface area contributed by atoms with Crippen molar-refractivity contribution in [2.75, 3.05) is 6.54 Å². The fraction of sp³-hybridized carbons (Fsp3) is 0.500. The van der Waals surface area contributed by atoms with E-state index in [2.05, 4.69) is 41.9 Å². The number of hydrogen-bond donors (Lipinski definition) is 1. The molecule has 1 aliphatic rings. The van der Waals surface area contributed by atoms with Crippen LogP contribution in [0.3, 0.4) is 0 Å². The van der Waals surface area contributed by atoms with Crippen LogP contribution in [0.15, 0.2) is 18.3 Å². The van der Waals surface area contributed by atoms with Crippen LogP contribution in [0.2, 0.25) is 0 Å². The first-order valence-corrected chi connectivity index (χ1v) is 6.41. The minimum atomic E-state index is 0.625. The second-order valence-corrected chi connectivity index (χ2v) is 5.07. The van der Waals surface area contributed by atoms with Gasteiger partial charge in [-0.3, -0.25) is 0 Å². The zero-order valence-electron chi connectivity index (χ0n) is 10.5. The Hall–Kier alpha value is -1.35. The number of hydrogen-bond acceptors (Lipinski definition) is 2. The molecule has 1 saturated heterocycles. The van der Waals surface area contributed by atoms with E-state index in [9.17, 15) is 0 Å². The monoisotopic (exact) mass is 229 g/mol. The highest BCUT2D eigenvalue weighted by Gasteiger charge is 2.18. The zero-order valence-corrected chi connectivity index (χ0v) is 10.5. The Balaban J connectivity index is 1.96. The quantitative estimate of drug-likeness (QED) is 0.855. The lowest BCUT2D eigenvalue weighted by atomic mass is 10.1. The summed E-state index contributed by atoms with van der Waals surface area (Å²) in [5, 5.41) is 3.54. The molecule has 0 saturated carbocycles. The maximum atomic E-state index is 4.76. The highest BCUT2D eigenvalue weighted by Crippen LogP contribution is 2.17. The molecule has 0 radical (unpaired) electrons. The highest BCUT2D eigenvalue weighted by atomic mass is 15.0. The summed E-state index contributed by atoms with van der Waals surface area (Å²) in [7, 11) is 0. The Morgan fingerprint density at radius 1 is 1.47 bits per heavy atom. The molecule has 2 aromatic heterocycles. The molecule has 1 unspecified atom stereocenters. The standard InChI is InChI=1S/C14H19N3/c1-10-5-7-17-11(2)13(16-14(17)8-10)9-12-4-3-6-15-12/h5,7-8,12,15H,3-4,6,9H2,1-2H3. The van der Waals surface area contributed by atoms with E-state index in [0.29, 0.717) is 6.04 Å². The largest absolute Gasteiger partial charge is 0.314 e. The number of rotatable bonds is 2. The van der Waals surface area contributed by atoms with Gasteiger partial charge in [-0.15, -0.1) is 0 Å². The van der Waals surface area contributed by atoms with Gasteiger partial charge in [0.05, 0.1) is 5.69 Å². The first-order chi connectivity index (χ1) is 8.24. The molecule has 1 atom stereocenters. The van der Waals surface area contributed by atoms with Crippen LogP contribution in [-0.4, -0.2) is 22.0 Å². The Bertz CT molecular complexity index is 536. The lowest BCUT2D eigenvalue weighted by Gasteiger charge is -2.07. The van der Waals surface area contributed by atoms with Gasteiger partial charge in [-0.2, -0.15) is 0 Å². The number of fused-ring (bicyclic) bond motifs is 1. The molecule has 3 rings (SSSR count). The Morgan fingerprint density at radius 3 is 3.12 bits per heavy atom. The number of aryl methyl sites for hydroxylation is 2. The fourth-order valence-electron chi connectivity index (χ4n) is 2.68. The molecule has 1 fully saturated rings. The topological polar surface area (TPSA) is 29.3 Å². The highest BCUT2D eigenvalue weighted by molar-refractivity contribution is 5.45. The van der Waals surface area contributed by atoms with Crippen molar-refractivity contribution in [2.24, 2.45) is 0 Å². The molecule has 90 valence electrons. The summed E-state index contributed by atoms with van der Waals surface area (Å²) < 4.78 is 2.19. The summed E-state index contributed by atoms with van der Waals surface area (Å²) in [6.07, 6.45) is 5.77. The van der Waals surface area contributed by atoms with Gasteiger partial charge in [0.25, 0.3) is 0 Å². The first-order valence-electron chi connectivity index (χ1n) is 6.41. The van der Waals surface area contributed by atoms with Crippen molar-refractivity contribution in [2.45, 2.75) is 39.2 Å². The minimum Gasteiger partial charge on any atom is -0.314 e. The molecule has 0 aliphatic carbocycles. The van der Waals surface area contributed by atoms with Crippen molar-refractivity contribution in [3.8, 4) is 0 Å². The van der Waals surface area contributed by atoms with E-state index in [0.717, 1.165) is 18.6 Å². The summed E-state index contributed by atoms with van der Waals surface area (Å²) in [4.78, 5) is 4.76. The van der Waals surface area contributed by atoms with E-state index >= 15 is 0 Å². The van der Waals surface area contributed by atoms with Crippen molar-refractivity contribution < 1.29 is 0 Å². The SMILES string of the molecule is Cc1ccn2c(C)c(CC3CCCN3)nc2c1. The molecule has 0 bridgehead atoms. The summed E-state index contributed by atoms with van der Waals surface area (Å²) >= 11 is 0. The normalized spacial score (nSPS) is 20.2. The molecule has 0 spiro atoms. The molecule has 1 N–H and O–H groups in total. The Kier molecular flexibility index (Phi) is 2.63. The molecular weight excluding hydrogens is 210 g/mol. The Morgan fingerprint density at radius 2 is 2.35 bits per heavy atom. The van der Waals surface area contributed by atoms with Crippen LogP contribution in [0, 0.1) is 13.8 Å². The van der Waals surface area contributed by atoms with Gasteiger partial charge in [0.15, 0.2) is 0 Å². The maximum Gasteiger partial charge on any atom is 0.137 e. The zero-order chi connectivity index (χ0) is 11.8. The number of nitrogens with one attached hydrogen (secondary N) is 1. The first kappa shape index (κ1) is 10.8. The molecule has 0 amide bonds. The summed E-state index contributed by atoms with van der Waals surface area (Å²) in [6, 6.07) is 4.91. The van der Waals surface area contributed by atoms with Crippen molar-refractivity contribution in [3.05, 3.63) is 35.3 Å². The van der Waals surface area contributed by atoms with Crippen LogP contribution in [0.4, 0.5) is 0 Å². The molecule has 3 heteroatoms. The van der Waals surface area contributed by atoms with E-state index in [-0.39, 0.29) is 0 Å². The molecule has 17 heavy (non-hydrogen) atoms. The smallest absolute Gasteiger partial charge is 0.137 e. The average Bonchev–Trinajstić information content (AvgIpc) is 2.89. The predicted molar refractivity (Wildman–Crippen MR) is 69.4 cm³/mol. The van der Waals surface area contributed by atoms with Gasteiger partial charge in [0.2, 0.25) is 0 Å². The van der Waals surface area contributed by atoms with E-state index in [4.69, 9.17) is 4.98 Å². The van der Waals surface area contributed by atoms with E-state index in [1.165, 1.54) is 29.8 Å². The molecule has 3 nitrogen and oxygen atoms in total. The van der Waals surface area contributed by atoms with Gasteiger partial charge in [0.1, 0.15) is 5.65 Å². The van der Waals surface area contributed by atoms with Gasteiger partial charge in [-0.1, -0.05) is 0 Å². The number of imidazole rings is 1. The lowest BCUT2D eigenvalue weighted by Crippen LogP contribution is -2.24. The molecular formula is C14H19N3. The second-order valence-electron chi connectivity index (χ2n) is 5.07. The van der Waals surface area contributed by atoms with E-state index in [1.54, 1.807) is 0 Å². The molecule has 0 aromatic carbocycles. The summed E-state index contributed by atoms with van der Waals surface area (Å²) in [6.45, 7) is 5.44. The third-order valence-electron chi connectivity index (χ3n) is 3.72. The maximum absolute atomic E-state index is 4.76. The van der Waals surface area contributed by atoms with E-state index in [1.807, 2.05) is 0 Å². The van der Waals surface area contributed by atoms with Crippen molar-refractivity contribution in [1.82, 2.24) is 14.7 Å². The average molecular weight is 229 g/mol. The third-order valence-corrected chi connectivity index (χ3v) is 3.72. The number of pyridine rings is 1. The second kappa shape index (κ2) is 4.15. The summed E-state index contributed by atoms with van der Waals surface area (Å²) in [5.74, 6) is 0. The van der Waals surface area contributed by atoms with Gasteiger partial charge in [-0.25, -0.2) is 4.98 Å². The van der Waals surface area contributed by atoms with Crippen LogP contribution in [0.25, 0.3) is 5.65 Å². The fourth-order valence-corrected chi connectivity index (χ4v) is 2.68. The van der Waals surface area contributed by atoms with Crippen molar-refractivity contribution >= 4 is 5.65 Å². The van der Waals surface area contributed by atoms with Crippen molar-refractivity contribution in [1.29, 1.82) is 0 Å². The summed E-state index contributed by atoms with van der Waals surface area (Å²) in [5.41, 5.74) is 4.88. The van der Waals surface area contributed by atoms with Crippen LogP contribution in [0.1, 0.15) is 29.8 Å². The van der Waals surface area contributed by atoms with Crippen LogP contribution in [-0.2, 0) is 6.42 Å². The molecule has 1 aliphatic heterocycles. The van der Waals surface area contributed by atoms with Crippen LogP contribution < -0.4 is 5.32 Å². The minimum absolute atomic E-state index is 0.625.